The summed E-state index contributed by atoms with van der Waals surface area (Å²) in [6, 6.07) is 15.2. The van der Waals surface area contributed by atoms with Crippen LogP contribution >= 0.6 is 23.5 Å². The molecule has 0 fully saturated rings. The first-order valence-corrected chi connectivity index (χ1v) is 12.8. The minimum Gasteiger partial charge on any atom is -0.399 e. The third-order valence-electron chi connectivity index (χ3n) is 2.37. The molecule has 0 atom stereocenters. The molecule has 16 nitrogen and oxygen atoms in total. The van der Waals surface area contributed by atoms with Crippen LogP contribution in [0, 0.1) is 0 Å². The summed E-state index contributed by atoms with van der Waals surface area (Å²) in [5.74, 6) is 0. The quantitative estimate of drug-likeness (QED) is 0.155. The molecule has 17 N–H and O–H groups in total. The molecule has 0 radical (unpaired) electrons. The molecule has 0 spiro atoms. The number of rotatable bonds is 2. The molecule has 0 bridgehead atoms. The maximum Gasteiger partial charge on any atom is 0.466 e. The van der Waals surface area contributed by atoms with Gasteiger partial charge in [-0.15, -0.1) is 0 Å². The van der Waals surface area contributed by atoms with Crippen molar-refractivity contribution in [3.05, 3.63) is 59.7 Å². The summed E-state index contributed by atoms with van der Waals surface area (Å²) in [4.78, 5) is 64.7. The van der Waals surface area contributed by atoms with Crippen LogP contribution < -0.4 is 22.9 Å². The Morgan fingerprint density at radius 1 is 0.545 bits per heavy atom. The van der Waals surface area contributed by atoms with Gasteiger partial charge in [0.15, 0.2) is 0 Å². The van der Waals surface area contributed by atoms with Crippen LogP contribution in [0.5, 0.6) is 0 Å². The summed E-state index contributed by atoms with van der Waals surface area (Å²) >= 11 is 0. The molecule has 2 aromatic carbocycles. The van der Waals surface area contributed by atoms with Crippen molar-refractivity contribution in [1.82, 2.24) is 0 Å². The van der Waals surface area contributed by atoms with Crippen molar-refractivity contribution in [1.29, 1.82) is 0 Å². The van der Waals surface area contributed by atoms with E-state index in [-0.39, 0.29) is 0 Å². The average Bonchev–Trinajstić information content (AvgIpc) is 2.58. The van der Waals surface area contributed by atoms with E-state index in [4.69, 9.17) is 80.7 Å². The van der Waals surface area contributed by atoms with E-state index >= 15 is 0 Å². The number of nitrogen functional groups attached to an aromatic ring is 2. The molecule has 0 heterocycles. The minimum atomic E-state index is -4.64. The molecule has 0 aromatic heterocycles. The number of phosphoric acid groups is 3. The Kier molecular flexibility index (Phi) is 19.3. The van der Waals surface area contributed by atoms with Gasteiger partial charge in [-0.05, 0) is 35.4 Å². The monoisotopic (exact) mass is 538 g/mol. The third-order valence-corrected chi connectivity index (χ3v) is 2.37. The highest BCUT2D eigenvalue weighted by Crippen LogP contribution is 2.26. The number of hydrogen-bond acceptors (Lipinski definition) is 7. The second-order valence-electron chi connectivity index (χ2n) is 5.44. The normalized spacial score (nSPS) is 10.5. The van der Waals surface area contributed by atoms with Crippen molar-refractivity contribution in [2.75, 3.05) is 11.5 Å². The Labute approximate surface area is 188 Å². The van der Waals surface area contributed by atoms with Gasteiger partial charge in [-0.2, -0.15) is 0 Å². The van der Waals surface area contributed by atoms with E-state index in [1.54, 1.807) is 0 Å². The molecule has 0 unspecified atom stereocenters. The van der Waals surface area contributed by atoms with E-state index in [1.165, 1.54) is 0 Å². The summed E-state index contributed by atoms with van der Waals surface area (Å²) in [7, 11) is -13.9. The van der Waals surface area contributed by atoms with E-state index in [1.807, 2.05) is 48.5 Å². The zero-order chi connectivity index (χ0) is 26.9. The Morgan fingerprint density at radius 3 is 0.879 bits per heavy atom. The molecular weight excluding hydrogens is 509 g/mol. The number of nitrogens with two attached hydrogens (primary N) is 4. The Balaban J connectivity index is -0.000000354. The van der Waals surface area contributed by atoms with Crippen molar-refractivity contribution in [2.24, 2.45) is 11.5 Å². The second kappa shape index (κ2) is 17.7. The maximum atomic E-state index is 8.88. The van der Waals surface area contributed by atoms with E-state index < -0.39 is 23.5 Å². The first-order valence-electron chi connectivity index (χ1n) is 8.09. The Bertz CT molecular complexity index is 813. The Hall–Kier alpha value is -1.71. The highest BCUT2D eigenvalue weighted by Gasteiger charge is 2.01. The van der Waals surface area contributed by atoms with E-state index in [0.717, 1.165) is 22.5 Å². The van der Waals surface area contributed by atoms with Crippen molar-refractivity contribution in [3.63, 3.8) is 0 Å². The largest absolute Gasteiger partial charge is 0.466 e. The fraction of sp³-hybridized carbons (Fsp3) is 0.143. The van der Waals surface area contributed by atoms with Crippen molar-refractivity contribution < 1.29 is 57.7 Å². The molecule has 0 aliphatic heterocycles. The summed E-state index contributed by atoms with van der Waals surface area (Å²) < 4.78 is 26.6. The molecule has 2 aromatic rings. The number of anilines is 2. The average molecular weight is 538 g/mol. The molecule has 0 amide bonds. The molecular formula is C14H29N4O12P3. The van der Waals surface area contributed by atoms with Gasteiger partial charge in [0.25, 0.3) is 0 Å². The van der Waals surface area contributed by atoms with Crippen molar-refractivity contribution in [2.45, 2.75) is 13.1 Å². The SMILES string of the molecule is NCc1cccc(N)c1.NCc1cccc(N)c1.O=P(O)(O)O.O=P(O)(O)O.O=P(O)(O)O. The lowest BCUT2D eigenvalue weighted by atomic mass is 10.2. The topological polar surface area (TPSA) is 337 Å². The summed E-state index contributed by atoms with van der Waals surface area (Å²) in [6.45, 7) is 1.12. The predicted molar refractivity (Wildman–Crippen MR) is 120 cm³/mol. The molecule has 19 heteroatoms. The van der Waals surface area contributed by atoms with Crippen LogP contribution in [0.3, 0.4) is 0 Å². The van der Waals surface area contributed by atoms with Crippen LogP contribution in [0.15, 0.2) is 48.5 Å². The molecule has 0 saturated carbocycles. The standard InChI is InChI=1S/2C7H10N2.3H3O4P/c2*8-5-6-2-1-3-7(9)4-6;3*1-5(2,3)4/h2*1-4H,5,8-9H2;3*(H3,1,2,3,4). The number of hydrogen-bond donors (Lipinski definition) is 13. The van der Waals surface area contributed by atoms with E-state index in [2.05, 4.69) is 0 Å². The van der Waals surface area contributed by atoms with Gasteiger partial charge in [0.1, 0.15) is 0 Å². The lowest BCUT2D eigenvalue weighted by Crippen LogP contribution is -1.96. The van der Waals surface area contributed by atoms with Crippen LogP contribution in [-0.4, -0.2) is 44.0 Å². The van der Waals surface area contributed by atoms with Gasteiger partial charge in [-0.3, -0.25) is 0 Å². The fourth-order valence-corrected chi connectivity index (χ4v) is 1.44. The zero-order valence-corrected chi connectivity index (χ0v) is 19.6. The lowest BCUT2D eigenvalue weighted by Gasteiger charge is -1.95. The molecule has 33 heavy (non-hydrogen) atoms. The minimum absolute atomic E-state index is 0.561. The van der Waals surface area contributed by atoms with Crippen LogP contribution in [0.4, 0.5) is 11.4 Å². The predicted octanol–water partition coefficient (Wildman–Crippen LogP) is -1.33. The van der Waals surface area contributed by atoms with Crippen LogP contribution in [-0.2, 0) is 26.8 Å². The van der Waals surface area contributed by atoms with E-state index in [0.29, 0.717) is 13.1 Å². The van der Waals surface area contributed by atoms with E-state index in [9.17, 15) is 0 Å². The van der Waals surface area contributed by atoms with Gasteiger partial charge in [-0.1, -0.05) is 24.3 Å². The van der Waals surface area contributed by atoms with Gasteiger partial charge in [0.05, 0.1) is 0 Å². The van der Waals surface area contributed by atoms with Gasteiger partial charge in [0.2, 0.25) is 0 Å². The van der Waals surface area contributed by atoms with Crippen molar-refractivity contribution >= 4 is 34.8 Å². The molecule has 2 rings (SSSR count). The summed E-state index contributed by atoms with van der Waals surface area (Å²) in [6.07, 6.45) is 0. The summed E-state index contributed by atoms with van der Waals surface area (Å²) in [5, 5.41) is 0. The maximum absolute atomic E-state index is 8.88. The third kappa shape index (κ3) is 48.8. The van der Waals surface area contributed by atoms with Gasteiger partial charge in [-0.25, -0.2) is 13.7 Å². The zero-order valence-electron chi connectivity index (χ0n) is 16.9. The number of benzene rings is 2. The van der Waals surface area contributed by atoms with Crippen LogP contribution in [0.2, 0.25) is 0 Å². The highest BCUT2D eigenvalue weighted by atomic mass is 31.2. The van der Waals surface area contributed by atoms with Gasteiger partial charge in [0, 0.05) is 24.5 Å². The first kappa shape index (κ1) is 35.9. The fourth-order valence-electron chi connectivity index (χ4n) is 1.44. The Morgan fingerprint density at radius 2 is 0.758 bits per heavy atom. The highest BCUT2D eigenvalue weighted by molar-refractivity contribution is 7.45. The van der Waals surface area contributed by atoms with Crippen LogP contribution in [0.1, 0.15) is 11.1 Å². The summed E-state index contributed by atoms with van der Waals surface area (Å²) in [5.41, 5.74) is 25.4. The van der Waals surface area contributed by atoms with Crippen LogP contribution in [0.25, 0.3) is 0 Å². The molecule has 192 valence electrons. The second-order valence-corrected chi connectivity index (χ2v) is 8.52. The lowest BCUT2D eigenvalue weighted by molar-refractivity contribution is 0.272. The molecule has 0 aliphatic rings. The molecule has 0 saturated heterocycles. The van der Waals surface area contributed by atoms with Gasteiger partial charge < -0.3 is 67.0 Å². The first-order chi connectivity index (χ1) is 14.7. The molecule has 0 aliphatic carbocycles. The van der Waals surface area contributed by atoms with Crippen molar-refractivity contribution in [3.8, 4) is 0 Å². The smallest absolute Gasteiger partial charge is 0.399 e. The van der Waals surface area contributed by atoms with Gasteiger partial charge >= 0.3 is 23.5 Å².